The fraction of sp³-hybridized carbons (Fsp3) is 0.591. The number of halogens is 1. The molecule has 1 saturated carbocycles. The van der Waals surface area contributed by atoms with E-state index in [0.29, 0.717) is 19.3 Å². The minimum absolute atomic E-state index is 0.248. The number of hydrogen-bond acceptors (Lipinski definition) is 7. The molecule has 3 fully saturated rings. The zero-order valence-corrected chi connectivity index (χ0v) is 19.0. The van der Waals surface area contributed by atoms with Gasteiger partial charge in [-0.1, -0.05) is 52.9 Å². The lowest BCUT2D eigenvalue weighted by Gasteiger charge is -2.39. The van der Waals surface area contributed by atoms with E-state index in [-0.39, 0.29) is 16.3 Å². The number of esters is 3. The third-order valence-electron chi connectivity index (χ3n) is 6.35. The molecule has 0 aromatic heterocycles. The van der Waals surface area contributed by atoms with Crippen molar-refractivity contribution in [1.29, 1.82) is 0 Å². The average molecular weight is 527 g/mol. The highest BCUT2D eigenvalue weighted by Crippen LogP contribution is 2.43. The van der Waals surface area contributed by atoms with Crippen LogP contribution in [0.15, 0.2) is 30.3 Å². The Labute approximate surface area is 189 Å². The summed E-state index contributed by atoms with van der Waals surface area (Å²) >= 11 is 1.98. The van der Waals surface area contributed by atoms with Crippen molar-refractivity contribution in [2.24, 2.45) is 11.8 Å². The standard InChI is InChI=1S/C22H26INO6/c1-13(23)19(25)28-17-12-16(15-11-18(17)29-20(15)26)21(27)30-22(7-9-24-10-8-22)14-5-3-2-4-6-14/h2-6,13,15-18,24H,7-12H2,1H3. The van der Waals surface area contributed by atoms with Gasteiger partial charge >= 0.3 is 17.9 Å². The second-order valence-electron chi connectivity index (χ2n) is 8.28. The quantitative estimate of drug-likeness (QED) is 0.273. The SMILES string of the molecule is CC(I)C(=O)OC1CC(C(=O)OC2(c3ccccc3)CCNCC2)C2CC1OC2=O. The Bertz CT molecular complexity index is 807. The van der Waals surface area contributed by atoms with Gasteiger partial charge in [0.05, 0.1) is 11.8 Å². The maximum absolute atomic E-state index is 13.4. The van der Waals surface area contributed by atoms with Crippen LogP contribution in [0.3, 0.4) is 0 Å². The predicted octanol–water partition coefficient (Wildman–Crippen LogP) is 2.50. The number of ether oxygens (including phenoxy) is 3. The first-order valence-electron chi connectivity index (χ1n) is 10.4. The van der Waals surface area contributed by atoms with Crippen molar-refractivity contribution in [3.63, 3.8) is 0 Å². The minimum Gasteiger partial charge on any atom is -0.458 e. The van der Waals surface area contributed by atoms with E-state index in [4.69, 9.17) is 14.2 Å². The molecule has 0 radical (unpaired) electrons. The third kappa shape index (κ3) is 4.21. The molecule has 2 saturated heterocycles. The highest BCUT2D eigenvalue weighted by Gasteiger charge is 2.54. The first kappa shape index (κ1) is 21.5. The largest absolute Gasteiger partial charge is 0.458 e. The molecular weight excluding hydrogens is 501 g/mol. The summed E-state index contributed by atoms with van der Waals surface area (Å²) in [5, 5.41) is 3.31. The van der Waals surface area contributed by atoms with Crippen molar-refractivity contribution >= 4 is 40.5 Å². The molecule has 1 aromatic carbocycles. The summed E-state index contributed by atoms with van der Waals surface area (Å²) in [5.74, 6) is -2.39. The lowest BCUT2D eigenvalue weighted by molar-refractivity contribution is -0.176. The van der Waals surface area contributed by atoms with E-state index in [2.05, 4.69) is 5.32 Å². The monoisotopic (exact) mass is 527 g/mol. The topological polar surface area (TPSA) is 90.9 Å². The highest BCUT2D eigenvalue weighted by molar-refractivity contribution is 14.1. The first-order valence-corrected chi connectivity index (χ1v) is 11.7. The molecular formula is C22H26INO6. The smallest absolute Gasteiger partial charge is 0.319 e. The molecule has 2 heterocycles. The molecule has 7 nitrogen and oxygen atoms in total. The van der Waals surface area contributed by atoms with Gasteiger partial charge in [0.1, 0.15) is 21.7 Å². The van der Waals surface area contributed by atoms with Gasteiger partial charge in [0.15, 0.2) is 0 Å². The number of alkyl halides is 1. The lowest BCUT2D eigenvalue weighted by Crippen LogP contribution is -2.47. The van der Waals surface area contributed by atoms with E-state index in [1.54, 1.807) is 6.92 Å². The van der Waals surface area contributed by atoms with Crippen LogP contribution < -0.4 is 5.32 Å². The van der Waals surface area contributed by atoms with Gasteiger partial charge in [-0.05, 0) is 25.6 Å². The Hall–Kier alpha value is -1.68. The number of carbonyl (C=O) groups is 3. The third-order valence-corrected chi connectivity index (χ3v) is 6.85. The molecule has 1 aliphatic carbocycles. The summed E-state index contributed by atoms with van der Waals surface area (Å²) in [6.07, 6.45) is 0.864. The maximum atomic E-state index is 13.4. The number of carbonyl (C=O) groups excluding carboxylic acids is 3. The second kappa shape index (κ2) is 8.82. The van der Waals surface area contributed by atoms with Crippen molar-refractivity contribution < 1.29 is 28.6 Å². The molecule has 5 atom stereocenters. The number of rotatable bonds is 5. The van der Waals surface area contributed by atoms with Crippen LogP contribution in [0.5, 0.6) is 0 Å². The van der Waals surface area contributed by atoms with E-state index < -0.39 is 41.6 Å². The highest BCUT2D eigenvalue weighted by atomic mass is 127. The van der Waals surface area contributed by atoms with E-state index in [1.807, 2.05) is 52.9 Å². The minimum atomic E-state index is -0.716. The summed E-state index contributed by atoms with van der Waals surface area (Å²) in [4.78, 5) is 37.9. The summed E-state index contributed by atoms with van der Waals surface area (Å²) in [5.41, 5.74) is 0.246. The Morgan fingerprint density at radius 2 is 1.90 bits per heavy atom. The fourth-order valence-corrected chi connectivity index (χ4v) is 4.82. The van der Waals surface area contributed by atoms with Gasteiger partial charge in [-0.15, -0.1) is 0 Å². The van der Waals surface area contributed by atoms with Crippen LogP contribution in [0, 0.1) is 11.8 Å². The van der Waals surface area contributed by atoms with Gasteiger partial charge < -0.3 is 19.5 Å². The summed E-state index contributed by atoms with van der Waals surface area (Å²) in [6.45, 7) is 3.23. The Morgan fingerprint density at radius 1 is 1.20 bits per heavy atom. The first-order chi connectivity index (χ1) is 14.4. The van der Waals surface area contributed by atoms with Crippen LogP contribution in [0.1, 0.15) is 38.2 Å². The van der Waals surface area contributed by atoms with Crippen molar-refractivity contribution in [1.82, 2.24) is 5.32 Å². The number of hydrogen-bond donors (Lipinski definition) is 1. The zero-order chi connectivity index (χ0) is 21.3. The van der Waals surface area contributed by atoms with Gasteiger partial charge in [-0.2, -0.15) is 0 Å². The molecule has 3 aliphatic rings. The van der Waals surface area contributed by atoms with E-state index in [1.165, 1.54) is 0 Å². The normalized spacial score (nSPS) is 30.8. The molecule has 5 unspecified atom stereocenters. The van der Waals surface area contributed by atoms with Crippen LogP contribution in [-0.4, -0.2) is 47.1 Å². The van der Waals surface area contributed by atoms with Crippen molar-refractivity contribution in [3.05, 3.63) is 35.9 Å². The zero-order valence-electron chi connectivity index (χ0n) is 16.8. The molecule has 4 rings (SSSR count). The number of benzene rings is 1. The van der Waals surface area contributed by atoms with E-state index in [9.17, 15) is 14.4 Å². The van der Waals surface area contributed by atoms with Crippen molar-refractivity contribution in [2.75, 3.05) is 13.1 Å². The molecule has 2 bridgehead atoms. The molecule has 162 valence electrons. The molecule has 1 aromatic rings. The molecule has 8 heteroatoms. The van der Waals surface area contributed by atoms with Crippen LogP contribution in [0.4, 0.5) is 0 Å². The molecule has 0 spiro atoms. The van der Waals surface area contributed by atoms with Gasteiger partial charge in [-0.3, -0.25) is 14.4 Å². The Morgan fingerprint density at radius 3 is 2.57 bits per heavy atom. The van der Waals surface area contributed by atoms with Crippen molar-refractivity contribution in [2.45, 2.75) is 54.3 Å². The second-order valence-corrected chi connectivity index (χ2v) is 10.2. The predicted molar refractivity (Wildman–Crippen MR) is 116 cm³/mol. The Kier molecular flexibility index (Phi) is 6.34. The van der Waals surface area contributed by atoms with Gasteiger partial charge in [0, 0.05) is 25.7 Å². The molecule has 30 heavy (non-hydrogen) atoms. The van der Waals surface area contributed by atoms with Crippen LogP contribution in [0.2, 0.25) is 0 Å². The maximum Gasteiger partial charge on any atom is 0.319 e. The average Bonchev–Trinajstić information content (AvgIpc) is 3.07. The molecule has 0 amide bonds. The molecule has 1 N–H and O–H groups in total. The van der Waals surface area contributed by atoms with Gasteiger partial charge in [0.25, 0.3) is 0 Å². The van der Waals surface area contributed by atoms with Crippen LogP contribution in [0.25, 0.3) is 0 Å². The van der Waals surface area contributed by atoms with Crippen molar-refractivity contribution in [3.8, 4) is 0 Å². The lowest BCUT2D eigenvalue weighted by atomic mass is 9.78. The number of nitrogens with one attached hydrogen (secondary N) is 1. The summed E-state index contributed by atoms with van der Waals surface area (Å²) in [7, 11) is 0. The van der Waals surface area contributed by atoms with Gasteiger partial charge in [0.2, 0.25) is 0 Å². The summed E-state index contributed by atoms with van der Waals surface area (Å²) in [6, 6.07) is 9.76. The fourth-order valence-electron chi connectivity index (χ4n) is 4.67. The van der Waals surface area contributed by atoms with Crippen LogP contribution >= 0.6 is 22.6 Å². The molecule has 2 aliphatic heterocycles. The summed E-state index contributed by atoms with van der Waals surface area (Å²) < 4.78 is 16.8. The van der Waals surface area contributed by atoms with Crippen LogP contribution in [-0.2, 0) is 34.2 Å². The van der Waals surface area contributed by atoms with Gasteiger partial charge in [-0.25, -0.2) is 0 Å². The van der Waals surface area contributed by atoms with E-state index in [0.717, 1.165) is 18.7 Å². The van der Waals surface area contributed by atoms with E-state index >= 15 is 0 Å². The number of fused-ring (bicyclic) bond motifs is 2. The Balaban J connectivity index is 1.55. The number of piperidine rings is 1.